The molecule has 1 aromatic heterocycles. The molecule has 0 radical (unpaired) electrons. The van der Waals surface area contributed by atoms with E-state index in [2.05, 4.69) is 43.3 Å². The first-order chi connectivity index (χ1) is 9.06. The van der Waals surface area contributed by atoms with Gasteiger partial charge in [-0.2, -0.15) is 0 Å². The molecule has 106 valence electrons. The summed E-state index contributed by atoms with van der Waals surface area (Å²) in [6, 6.07) is 0.463. The van der Waals surface area contributed by atoms with Crippen molar-refractivity contribution < 1.29 is 0 Å². The summed E-state index contributed by atoms with van der Waals surface area (Å²) in [6.45, 7) is 8.80. The van der Waals surface area contributed by atoms with E-state index in [1.807, 2.05) is 7.05 Å². The Kier molecular flexibility index (Phi) is 4.27. The third-order valence-electron chi connectivity index (χ3n) is 3.91. The largest absolute Gasteiger partial charge is 0.373 e. The fourth-order valence-electron chi connectivity index (χ4n) is 2.36. The van der Waals surface area contributed by atoms with Crippen molar-refractivity contribution in [2.24, 2.45) is 5.92 Å². The Morgan fingerprint density at radius 3 is 2.32 bits per heavy atom. The number of hydrogen-bond donors (Lipinski definition) is 2. The van der Waals surface area contributed by atoms with E-state index in [0.29, 0.717) is 17.9 Å². The van der Waals surface area contributed by atoms with Crippen molar-refractivity contribution in [1.82, 2.24) is 9.97 Å². The average Bonchev–Trinajstić information content (AvgIpc) is 3.21. The quantitative estimate of drug-likeness (QED) is 0.823. The Bertz CT molecular complexity index is 438. The zero-order valence-electron chi connectivity index (χ0n) is 12.7. The molecule has 4 heteroatoms. The molecule has 2 N–H and O–H groups in total. The highest BCUT2D eigenvalue weighted by atomic mass is 15.1. The molecule has 1 aliphatic rings. The standard InChI is InChI=1S/C15H26N4/c1-6-12(9(2)3)17-14-10(4)13(16-5)18-15(19-14)11-7-8-11/h9,11-12H,6-8H2,1-5H3,(H2,16,17,18,19). The van der Waals surface area contributed by atoms with Crippen molar-refractivity contribution in [1.29, 1.82) is 0 Å². The van der Waals surface area contributed by atoms with Gasteiger partial charge in [-0.1, -0.05) is 20.8 Å². The minimum atomic E-state index is 0.463. The van der Waals surface area contributed by atoms with Crippen molar-refractivity contribution >= 4 is 11.6 Å². The summed E-state index contributed by atoms with van der Waals surface area (Å²) in [7, 11) is 1.93. The monoisotopic (exact) mass is 262 g/mol. The first-order valence-corrected chi connectivity index (χ1v) is 7.39. The fourth-order valence-corrected chi connectivity index (χ4v) is 2.36. The molecule has 0 bridgehead atoms. The lowest BCUT2D eigenvalue weighted by molar-refractivity contribution is 0.509. The maximum Gasteiger partial charge on any atom is 0.136 e. The number of nitrogens with one attached hydrogen (secondary N) is 2. The first kappa shape index (κ1) is 14.1. The topological polar surface area (TPSA) is 49.8 Å². The van der Waals surface area contributed by atoms with Crippen molar-refractivity contribution in [3.8, 4) is 0 Å². The number of aromatic nitrogens is 2. The molecule has 19 heavy (non-hydrogen) atoms. The van der Waals surface area contributed by atoms with Gasteiger partial charge in [0.05, 0.1) is 0 Å². The molecule has 1 unspecified atom stereocenters. The molecule has 0 aliphatic heterocycles. The van der Waals surface area contributed by atoms with Gasteiger partial charge in [0.15, 0.2) is 0 Å². The summed E-state index contributed by atoms with van der Waals surface area (Å²) in [5, 5.41) is 6.79. The minimum absolute atomic E-state index is 0.463. The zero-order valence-corrected chi connectivity index (χ0v) is 12.7. The van der Waals surface area contributed by atoms with Crippen molar-refractivity contribution in [3.63, 3.8) is 0 Å². The van der Waals surface area contributed by atoms with Gasteiger partial charge in [-0.25, -0.2) is 9.97 Å². The van der Waals surface area contributed by atoms with E-state index in [1.54, 1.807) is 0 Å². The summed E-state index contributed by atoms with van der Waals surface area (Å²) >= 11 is 0. The molecule has 0 spiro atoms. The van der Waals surface area contributed by atoms with Crippen LogP contribution in [0.5, 0.6) is 0 Å². The normalized spacial score (nSPS) is 16.5. The van der Waals surface area contributed by atoms with Gasteiger partial charge in [-0.3, -0.25) is 0 Å². The highest BCUT2D eigenvalue weighted by Crippen LogP contribution is 2.39. The predicted octanol–water partition coefficient (Wildman–Crippen LogP) is 3.55. The Morgan fingerprint density at radius 2 is 1.84 bits per heavy atom. The van der Waals surface area contributed by atoms with Gasteiger partial charge in [0.1, 0.15) is 17.5 Å². The number of nitrogens with zero attached hydrogens (tertiary/aromatic N) is 2. The van der Waals surface area contributed by atoms with Crippen LogP contribution in [0, 0.1) is 12.8 Å². The lowest BCUT2D eigenvalue weighted by atomic mass is 10.0. The fraction of sp³-hybridized carbons (Fsp3) is 0.733. The maximum absolute atomic E-state index is 4.75. The summed E-state index contributed by atoms with van der Waals surface area (Å²) < 4.78 is 0. The lowest BCUT2D eigenvalue weighted by Gasteiger charge is -2.23. The van der Waals surface area contributed by atoms with Crippen LogP contribution in [0.25, 0.3) is 0 Å². The number of anilines is 2. The smallest absolute Gasteiger partial charge is 0.136 e. The third kappa shape index (κ3) is 3.17. The Labute approximate surface area is 116 Å². The van der Waals surface area contributed by atoms with Gasteiger partial charge in [0, 0.05) is 24.6 Å². The molecular weight excluding hydrogens is 236 g/mol. The molecule has 0 amide bonds. The van der Waals surface area contributed by atoms with Crippen LogP contribution in [0.15, 0.2) is 0 Å². The highest BCUT2D eigenvalue weighted by molar-refractivity contribution is 5.57. The van der Waals surface area contributed by atoms with Crippen molar-refractivity contribution in [2.75, 3.05) is 17.7 Å². The summed E-state index contributed by atoms with van der Waals surface area (Å²) in [4.78, 5) is 9.38. The van der Waals surface area contributed by atoms with Crippen LogP contribution >= 0.6 is 0 Å². The Balaban J connectivity index is 2.29. The first-order valence-electron chi connectivity index (χ1n) is 7.39. The van der Waals surface area contributed by atoms with Gasteiger partial charge < -0.3 is 10.6 Å². The zero-order chi connectivity index (χ0) is 14.0. The van der Waals surface area contributed by atoms with E-state index in [1.165, 1.54) is 12.8 Å². The molecule has 4 nitrogen and oxygen atoms in total. The second-order valence-corrected chi connectivity index (χ2v) is 5.83. The number of hydrogen-bond acceptors (Lipinski definition) is 4. The Morgan fingerprint density at radius 1 is 1.21 bits per heavy atom. The van der Waals surface area contributed by atoms with Crippen LogP contribution in [0.4, 0.5) is 11.6 Å². The lowest BCUT2D eigenvalue weighted by Crippen LogP contribution is -2.26. The summed E-state index contributed by atoms with van der Waals surface area (Å²) in [5.74, 6) is 4.13. The van der Waals surface area contributed by atoms with E-state index in [4.69, 9.17) is 4.98 Å². The highest BCUT2D eigenvalue weighted by Gasteiger charge is 2.28. The average molecular weight is 262 g/mol. The molecule has 1 heterocycles. The predicted molar refractivity (Wildman–Crippen MR) is 80.8 cm³/mol. The maximum atomic E-state index is 4.75. The molecular formula is C15H26N4. The van der Waals surface area contributed by atoms with Gasteiger partial charge in [-0.05, 0) is 32.1 Å². The molecule has 1 aromatic rings. The summed E-state index contributed by atoms with van der Waals surface area (Å²) in [6.07, 6.45) is 3.56. The van der Waals surface area contributed by atoms with Gasteiger partial charge in [0.2, 0.25) is 0 Å². The van der Waals surface area contributed by atoms with E-state index in [-0.39, 0.29) is 0 Å². The molecule has 0 aromatic carbocycles. The van der Waals surface area contributed by atoms with Crippen LogP contribution in [0.1, 0.15) is 57.3 Å². The van der Waals surface area contributed by atoms with Crippen LogP contribution in [-0.2, 0) is 0 Å². The summed E-state index contributed by atoms with van der Waals surface area (Å²) in [5.41, 5.74) is 1.12. The molecule has 2 rings (SSSR count). The van der Waals surface area contributed by atoms with E-state index >= 15 is 0 Å². The minimum Gasteiger partial charge on any atom is -0.373 e. The van der Waals surface area contributed by atoms with E-state index < -0.39 is 0 Å². The second-order valence-electron chi connectivity index (χ2n) is 5.83. The molecule has 1 fully saturated rings. The van der Waals surface area contributed by atoms with E-state index in [0.717, 1.165) is 29.4 Å². The number of rotatable bonds is 6. The van der Waals surface area contributed by atoms with Crippen LogP contribution in [0.2, 0.25) is 0 Å². The third-order valence-corrected chi connectivity index (χ3v) is 3.91. The van der Waals surface area contributed by atoms with Crippen molar-refractivity contribution in [3.05, 3.63) is 11.4 Å². The van der Waals surface area contributed by atoms with Crippen LogP contribution < -0.4 is 10.6 Å². The van der Waals surface area contributed by atoms with Gasteiger partial charge in [-0.15, -0.1) is 0 Å². The SMILES string of the molecule is CCC(Nc1nc(C2CC2)nc(NC)c1C)C(C)C. The molecule has 1 aliphatic carbocycles. The van der Waals surface area contributed by atoms with Crippen LogP contribution in [-0.4, -0.2) is 23.1 Å². The van der Waals surface area contributed by atoms with Gasteiger partial charge in [0.25, 0.3) is 0 Å². The Hall–Kier alpha value is -1.32. The van der Waals surface area contributed by atoms with Crippen molar-refractivity contribution in [2.45, 2.75) is 58.9 Å². The van der Waals surface area contributed by atoms with Gasteiger partial charge >= 0.3 is 0 Å². The molecule has 0 saturated heterocycles. The van der Waals surface area contributed by atoms with Crippen LogP contribution in [0.3, 0.4) is 0 Å². The molecule has 1 atom stereocenters. The second kappa shape index (κ2) is 5.76. The molecule has 1 saturated carbocycles. The van der Waals surface area contributed by atoms with E-state index in [9.17, 15) is 0 Å².